The van der Waals surface area contributed by atoms with Crippen LogP contribution in [0.4, 0.5) is 4.79 Å². The molecule has 0 saturated heterocycles. The number of urea groups is 1. The van der Waals surface area contributed by atoms with Crippen molar-refractivity contribution in [2.24, 2.45) is 5.41 Å². The zero-order valence-electron chi connectivity index (χ0n) is 11.5. The summed E-state index contributed by atoms with van der Waals surface area (Å²) in [6.07, 6.45) is 3.80. The fourth-order valence-corrected chi connectivity index (χ4v) is 2.46. The van der Waals surface area contributed by atoms with Gasteiger partial charge in [-0.3, -0.25) is 4.79 Å². The number of rotatable bonds is 5. The van der Waals surface area contributed by atoms with Gasteiger partial charge in [-0.2, -0.15) is 0 Å². The molecular weight excluding hydrogens is 232 g/mol. The summed E-state index contributed by atoms with van der Waals surface area (Å²) in [5.41, 5.74) is 0.322. The van der Waals surface area contributed by atoms with E-state index in [9.17, 15) is 9.59 Å². The van der Waals surface area contributed by atoms with Gasteiger partial charge in [0.25, 0.3) is 0 Å². The molecular formula is C13H24N2O3. The molecule has 104 valence electrons. The van der Waals surface area contributed by atoms with Crippen LogP contribution in [0.15, 0.2) is 0 Å². The Morgan fingerprint density at radius 1 is 1.44 bits per heavy atom. The molecule has 0 aromatic rings. The second-order valence-electron chi connectivity index (χ2n) is 5.90. The Labute approximate surface area is 109 Å². The molecule has 2 amide bonds. The maximum absolute atomic E-state index is 11.9. The molecule has 1 aliphatic carbocycles. The van der Waals surface area contributed by atoms with E-state index in [0.29, 0.717) is 24.4 Å². The Kier molecular flexibility index (Phi) is 4.99. The Morgan fingerprint density at radius 2 is 2.11 bits per heavy atom. The third-order valence-electron chi connectivity index (χ3n) is 3.65. The minimum absolute atomic E-state index is 0.0944. The Hall–Kier alpha value is -1.26. The summed E-state index contributed by atoms with van der Waals surface area (Å²) in [7, 11) is 1.82. The fraction of sp³-hybridized carbons (Fsp3) is 0.846. The molecule has 5 nitrogen and oxygen atoms in total. The molecule has 0 aromatic carbocycles. The molecule has 5 heteroatoms. The van der Waals surface area contributed by atoms with E-state index in [2.05, 4.69) is 19.2 Å². The van der Waals surface area contributed by atoms with E-state index in [-0.39, 0.29) is 12.5 Å². The first-order valence-electron chi connectivity index (χ1n) is 6.54. The van der Waals surface area contributed by atoms with Crippen molar-refractivity contribution >= 4 is 12.0 Å². The van der Waals surface area contributed by atoms with E-state index < -0.39 is 5.97 Å². The van der Waals surface area contributed by atoms with E-state index in [0.717, 1.165) is 19.3 Å². The lowest BCUT2D eigenvalue weighted by Gasteiger charge is -2.26. The Bertz CT molecular complexity index is 315. The molecule has 2 N–H and O–H groups in total. The van der Waals surface area contributed by atoms with Crippen LogP contribution in [0.1, 0.15) is 46.0 Å². The van der Waals surface area contributed by atoms with Crippen LogP contribution >= 0.6 is 0 Å². The standard InChI is InChI=1S/C13H24N2O3/c1-13(2)7-6-10(9-13)15(3)12(18)14-8-4-5-11(16)17/h10H,4-9H2,1-3H3,(H,14,18)(H,16,17). The van der Waals surface area contributed by atoms with Crippen LogP contribution in [-0.2, 0) is 4.79 Å². The van der Waals surface area contributed by atoms with Gasteiger partial charge in [-0.05, 0) is 31.1 Å². The van der Waals surface area contributed by atoms with Crippen LogP contribution in [0.5, 0.6) is 0 Å². The molecule has 0 radical (unpaired) electrons. The molecule has 0 aliphatic heterocycles. The van der Waals surface area contributed by atoms with Crippen LogP contribution in [0.25, 0.3) is 0 Å². The molecule has 1 fully saturated rings. The molecule has 1 aliphatic rings. The maximum Gasteiger partial charge on any atom is 0.317 e. The van der Waals surface area contributed by atoms with Gasteiger partial charge in [-0.1, -0.05) is 13.8 Å². The summed E-state index contributed by atoms with van der Waals surface area (Å²) < 4.78 is 0. The van der Waals surface area contributed by atoms with Crippen LogP contribution in [-0.4, -0.2) is 41.6 Å². The van der Waals surface area contributed by atoms with Crippen LogP contribution in [0.3, 0.4) is 0 Å². The predicted molar refractivity (Wildman–Crippen MR) is 69.5 cm³/mol. The average molecular weight is 256 g/mol. The lowest BCUT2D eigenvalue weighted by molar-refractivity contribution is -0.137. The normalized spacial score (nSPS) is 21.6. The minimum Gasteiger partial charge on any atom is -0.481 e. The zero-order valence-corrected chi connectivity index (χ0v) is 11.5. The molecule has 0 bridgehead atoms. The van der Waals surface area contributed by atoms with Crippen molar-refractivity contribution < 1.29 is 14.7 Å². The van der Waals surface area contributed by atoms with Gasteiger partial charge >= 0.3 is 12.0 Å². The number of aliphatic carboxylic acids is 1. The molecule has 1 atom stereocenters. The van der Waals surface area contributed by atoms with Crippen LogP contribution in [0, 0.1) is 5.41 Å². The largest absolute Gasteiger partial charge is 0.481 e. The summed E-state index contributed by atoms with van der Waals surface area (Å²) in [5.74, 6) is -0.824. The van der Waals surface area contributed by atoms with Crippen molar-refractivity contribution in [2.75, 3.05) is 13.6 Å². The average Bonchev–Trinajstić information content (AvgIpc) is 2.63. The highest BCUT2D eigenvalue weighted by atomic mass is 16.4. The second kappa shape index (κ2) is 6.07. The van der Waals surface area contributed by atoms with Crippen LogP contribution < -0.4 is 5.32 Å². The van der Waals surface area contributed by atoms with Crippen molar-refractivity contribution in [3.05, 3.63) is 0 Å². The lowest BCUT2D eigenvalue weighted by Crippen LogP contribution is -2.43. The van der Waals surface area contributed by atoms with Gasteiger partial charge < -0.3 is 15.3 Å². The summed E-state index contributed by atoms with van der Waals surface area (Å²) in [4.78, 5) is 23.9. The summed E-state index contributed by atoms with van der Waals surface area (Å²) in [5, 5.41) is 11.3. The third kappa shape index (κ3) is 4.55. The molecule has 1 unspecified atom stereocenters. The molecule has 0 spiro atoms. The number of carbonyl (C=O) groups excluding carboxylic acids is 1. The Balaban J connectivity index is 2.27. The third-order valence-corrected chi connectivity index (χ3v) is 3.65. The number of amides is 2. The number of carboxylic acids is 1. The SMILES string of the molecule is CN(C(=O)NCCCC(=O)O)C1CCC(C)(C)C1. The summed E-state index contributed by atoms with van der Waals surface area (Å²) >= 11 is 0. The first-order valence-corrected chi connectivity index (χ1v) is 6.54. The van der Waals surface area contributed by atoms with Gasteiger partial charge in [0.1, 0.15) is 0 Å². The quantitative estimate of drug-likeness (QED) is 0.740. The second-order valence-corrected chi connectivity index (χ2v) is 5.90. The van der Waals surface area contributed by atoms with Crippen LogP contribution in [0.2, 0.25) is 0 Å². The van der Waals surface area contributed by atoms with E-state index >= 15 is 0 Å². The lowest BCUT2D eigenvalue weighted by atomic mass is 9.92. The number of hydrogen-bond donors (Lipinski definition) is 2. The fourth-order valence-electron chi connectivity index (χ4n) is 2.46. The van der Waals surface area contributed by atoms with Crippen molar-refractivity contribution in [3.8, 4) is 0 Å². The highest BCUT2D eigenvalue weighted by Gasteiger charge is 2.34. The maximum atomic E-state index is 11.9. The Morgan fingerprint density at radius 3 is 2.61 bits per heavy atom. The first-order chi connectivity index (χ1) is 8.32. The van der Waals surface area contributed by atoms with Crippen molar-refractivity contribution in [2.45, 2.75) is 52.0 Å². The summed E-state index contributed by atoms with van der Waals surface area (Å²) in [6.45, 7) is 4.88. The molecule has 1 rings (SSSR count). The van der Waals surface area contributed by atoms with Gasteiger partial charge in [-0.25, -0.2) is 4.79 Å². The number of nitrogens with one attached hydrogen (secondary N) is 1. The van der Waals surface area contributed by atoms with Gasteiger partial charge in [0.2, 0.25) is 0 Å². The number of nitrogens with zero attached hydrogens (tertiary/aromatic N) is 1. The van der Waals surface area contributed by atoms with E-state index in [1.165, 1.54) is 0 Å². The zero-order chi connectivity index (χ0) is 13.8. The number of carboxylic acid groups (broad SMARTS) is 1. The number of hydrogen-bond acceptors (Lipinski definition) is 2. The van der Waals surface area contributed by atoms with E-state index in [1.807, 2.05) is 7.05 Å². The molecule has 0 aromatic heterocycles. The van der Waals surface area contributed by atoms with Crippen molar-refractivity contribution in [1.82, 2.24) is 10.2 Å². The topological polar surface area (TPSA) is 69.6 Å². The van der Waals surface area contributed by atoms with E-state index in [4.69, 9.17) is 5.11 Å². The van der Waals surface area contributed by atoms with Crippen molar-refractivity contribution in [3.63, 3.8) is 0 Å². The molecule has 18 heavy (non-hydrogen) atoms. The minimum atomic E-state index is -0.824. The highest BCUT2D eigenvalue weighted by molar-refractivity contribution is 5.74. The number of carbonyl (C=O) groups is 2. The van der Waals surface area contributed by atoms with Gasteiger partial charge in [0.15, 0.2) is 0 Å². The summed E-state index contributed by atoms with van der Waals surface area (Å²) in [6, 6.07) is 0.211. The monoisotopic (exact) mass is 256 g/mol. The molecule has 0 heterocycles. The highest BCUT2D eigenvalue weighted by Crippen LogP contribution is 2.38. The predicted octanol–water partition coefficient (Wildman–Crippen LogP) is 2.07. The first kappa shape index (κ1) is 14.8. The van der Waals surface area contributed by atoms with Gasteiger partial charge in [-0.15, -0.1) is 0 Å². The smallest absolute Gasteiger partial charge is 0.317 e. The van der Waals surface area contributed by atoms with Gasteiger partial charge in [0, 0.05) is 26.1 Å². The van der Waals surface area contributed by atoms with E-state index in [1.54, 1.807) is 4.90 Å². The van der Waals surface area contributed by atoms with Crippen molar-refractivity contribution in [1.29, 1.82) is 0 Å². The van der Waals surface area contributed by atoms with Gasteiger partial charge in [0.05, 0.1) is 0 Å². The molecule has 1 saturated carbocycles.